The summed E-state index contributed by atoms with van der Waals surface area (Å²) in [5.41, 5.74) is -0.709. The molecule has 30 heavy (non-hydrogen) atoms. The van der Waals surface area contributed by atoms with Gasteiger partial charge in [0.2, 0.25) is 0 Å². The Bertz CT molecular complexity index is 830. The highest BCUT2D eigenvalue weighted by molar-refractivity contribution is 5.83. The zero-order valence-electron chi connectivity index (χ0n) is 18.4. The van der Waals surface area contributed by atoms with Crippen molar-refractivity contribution >= 4 is 17.9 Å². The van der Waals surface area contributed by atoms with Gasteiger partial charge in [-0.15, -0.1) is 0 Å². The summed E-state index contributed by atoms with van der Waals surface area (Å²) in [6.07, 6.45) is 6.36. The first-order valence-electron chi connectivity index (χ1n) is 11.3. The van der Waals surface area contributed by atoms with Crippen LogP contribution in [0.5, 0.6) is 0 Å². The van der Waals surface area contributed by atoms with E-state index < -0.39 is 40.6 Å². The highest BCUT2D eigenvalue weighted by atomic mass is 16.4. The highest BCUT2D eigenvalue weighted by Crippen LogP contribution is 2.73. The van der Waals surface area contributed by atoms with Gasteiger partial charge >= 0.3 is 17.9 Å². The van der Waals surface area contributed by atoms with Crippen LogP contribution in [0.2, 0.25) is 0 Å². The lowest BCUT2D eigenvalue weighted by Crippen LogP contribution is -2.66. The second-order valence-corrected chi connectivity index (χ2v) is 11.2. The van der Waals surface area contributed by atoms with E-state index >= 15 is 0 Å². The van der Waals surface area contributed by atoms with E-state index in [0.29, 0.717) is 25.7 Å². The zero-order chi connectivity index (χ0) is 22.2. The molecule has 0 saturated heterocycles. The van der Waals surface area contributed by atoms with E-state index in [1.54, 1.807) is 0 Å². The highest BCUT2D eigenvalue weighted by Gasteiger charge is 2.71. The van der Waals surface area contributed by atoms with E-state index in [1.165, 1.54) is 0 Å². The number of rotatable bonds is 4. The van der Waals surface area contributed by atoms with Crippen LogP contribution < -0.4 is 0 Å². The van der Waals surface area contributed by atoms with Crippen molar-refractivity contribution in [3.05, 3.63) is 11.6 Å². The average molecular weight is 419 g/mol. The summed E-state index contributed by atoms with van der Waals surface area (Å²) in [4.78, 5) is 37.0. The molecular formula is C24H34O6. The number of hydrogen-bond acceptors (Lipinski definition) is 3. The predicted molar refractivity (Wildman–Crippen MR) is 110 cm³/mol. The SMILES string of the molecule is CC(C)C1=C[C@@]23CC[C@@H]4[C@](C)(CCC[C@@]4(C)C(=O)O)[C@H]2C[C@@H]1[C@@H](C(=O)O)[C@H]3C(=O)O. The molecule has 5 aliphatic carbocycles. The molecule has 3 N–H and O–H groups in total. The van der Waals surface area contributed by atoms with Gasteiger partial charge in [0.25, 0.3) is 0 Å². The van der Waals surface area contributed by atoms with Gasteiger partial charge in [-0.25, -0.2) is 0 Å². The van der Waals surface area contributed by atoms with Gasteiger partial charge in [-0.05, 0) is 68.1 Å². The van der Waals surface area contributed by atoms with Crippen LogP contribution in [0.3, 0.4) is 0 Å². The van der Waals surface area contributed by atoms with Crippen LogP contribution >= 0.6 is 0 Å². The molecule has 3 saturated carbocycles. The molecule has 6 heteroatoms. The molecular weight excluding hydrogens is 384 g/mol. The van der Waals surface area contributed by atoms with Gasteiger partial charge in [-0.2, -0.15) is 0 Å². The first kappa shape index (κ1) is 21.4. The quantitative estimate of drug-likeness (QED) is 0.587. The van der Waals surface area contributed by atoms with Gasteiger partial charge in [0.1, 0.15) is 0 Å². The van der Waals surface area contributed by atoms with Gasteiger partial charge in [-0.1, -0.05) is 38.8 Å². The Balaban J connectivity index is 1.89. The normalized spacial score (nSPS) is 47.2. The molecule has 2 bridgehead atoms. The van der Waals surface area contributed by atoms with Crippen molar-refractivity contribution in [3.63, 3.8) is 0 Å². The number of allylic oxidation sites excluding steroid dienone is 2. The van der Waals surface area contributed by atoms with Crippen molar-refractivity contribution < 1.29 is 29.7 Å². The molecule has 0 aromatic rings. The Hall–Kier alpha value is -1.85. The lowest BCUT2D eigenvalue weighted by atomic mass is 9.34. The summed E-state index contributed by atoms with van der Waals surface area (Å²) in [6, 6.07) is 0. The minimum absolute atomic E-state index is 0.00641. The molecule has 3 fully saturated rings. The standard InChI is InChI=1S/C24H34O6/c1-12(2)14-11-24-9-6-15-22(3,7-5-8-23(15,4)21(29)30)16(24)10-13(14)17(19(25)26)18(24)20(27)28/h11-13,15-18H,5-10H2,1-4H3,(H,25,26)(H,27,28)(H,29,30)/t13-,15+,16+,17+,18-,22-,23+,24-/m0/s1. The number of carboxylic acids is 3. The molecule has 1 spiro atoms. The van der Waals surface area contributed by atoms with E-state index in [4.69, 9.17) is 0 Å². The minimum atomic E-state index is -1.02. The Labute approximate surface area is 177 Å². The van der Waals surface area contributed by atoms with E-state index in [0.717, 1.165) is 18.4 Å². The predicted octanol–water partition coefficient (Wildman–Crippen LogP) is 4.30. The molecule has 5 aliphatic rings. The molecule has 6 nitrogen and oxygen atoms in total. The third-order valence-corrected chi connectivity index (χ3v) is 9.72. The zero-order valence-corrected chi connectivity index (χ0v) is 18.4. The summed E-state index contributed by atoms with van der Waals surface area (Å²) in [5.74, 6) is -4.76. The maximum atomic E-state index is 12.5. The summed E-state index contributed by atoms with van der Waals surface area (Å²) < 4.78 is 0. The minimum Gasteiger partial charge on any atom is -0.481 e. The van der Waals surface area contributed by atoms with E-state index in [-0.39, 0.29) is 29.1 Å². The van der Waals surface area contributed by atoms with Gasteiger partial charge in [0.15, 0.2) is 0 Å². The number of carbonyl (C=O) groups is 3. The van der Waals surface area contributed by atoms with Crippen molar-refractivity contribution in [2.24, 2.45) is 51.8 Å². The van der Waals surface area contributed by atoms with E-state index in [1.807, 2.05) is 6.92 Å². The molecule has 0 aromatic heterocycles. The van der Waals surface area contributed by atoms with Gasteiger partial charge < -0.3 is 15.3 Å². The first-order chi connectivity index (χ1) is 13.9. The largest absolute Gasteiger partial charge is 0.481 e. The maximum Gasteiger partial charge on any atom is 0.309 e. The second-order valence-electron chi connectivity index (χ2n) is 11.2. The Morgan fingerprint density at radius 2 is 1.67 bits per heavy atom. The topological polar surface area (TPSA) is 112 Å². The number of hydrogen-bond donors (Lipinski definition) is 3. The molecule has 0 aromatic carbocycles. The Kier molecular flexibility index (Phi) is 4.68. The van der Waals surface area contributed by atoms with E-state index in [2.05, 4.69) is 26.8 Å². The molecule has 0 aliphatic heterocycles. The fourth-order valence-electron chi connectivity index (χ4n) is 8.56. The summed E-state index contributed by atoms with van der Waals surface area (Å²) in [5, 5.41) is 30.3. The van der Waals surface area contributed by atoms with Gasteiger partial charge in [0, 0.05) is 5.41 Å². The van der Waals surface area contributed by atoms with Crippen molar-refractivity contribution in [2.75, 3.05) is 0 Å². The second kappa shape index (κ2) is 6.57. The van der Waals surface area contributed by atoms with Crippen LogP contribution in [0, 0.1) is 51.8 Å². The molecule has 5 rings (SSSR count). The van der Waals surface area contributed by atoms with Crippen molar-refractivity contribution in [3.8, 4) is 0 Å². The maximum absolute atomic E-state index is 12.5. The average Bonchev–Trinajstić information content (AvgIpc) is 2.65. The van der Waals surface area contributed by atoms with Crippen LogP contribution in [0.25, 0.3) is 0 Å². The molecule has 8 atom stereocenters. The van der Waals surface area contributed by atoms with E-state index in [9.17, 15) is 29.7 Å². The smallest absolute Gasteiger partial charge is 0.309 e. The first-order valence-corrected chi connectivity index (χ1v) is 11.3. The van der Waals surface area contributed by atoms with Crippen LogP contribution in [-0.2, 0) is 14.4 Å². The monoisotopic (exact) mass is 418 g/mol. The molecule has 0 amide bonds. The number of carboxylic acid groups (broad SMARTS) is 3. The van der Waals surface area contributed by atoms with Crippen LogP contribution in [0.1, 0.15) is 66.2 Å². The lowest BCUT2D eigenvalue weighted by molar-refractivity contribution is -0.207. The number of fused-ring (bicyclic) bond motifs is 2. The summed E-state index contributed by atoms with van der Waals surface area (Å²) >= 11 is 0. The van der Waals surface area contributed by atoms with Gasteiger partial charge in [0.05, 0.1) is 17.3 Å². The van der Waals surface area contributed by atoms with Crippen LogP contribution in [-0.4, -0.2) is 33.2 Å². The molecule has 0 heterocycles. The van der Waals surface area contributed by atoms with Crippen molar-refractivity contribution in [1.82, 2.24) is 0 Å². The Morgan fingerprint density at radius 3 is 2.20 bits per heavy atom. The summed E-state index contributed by atoms with van der Waals surface area (Å²) in [7, 11) is 0. The van der Waals surface area contributed by atoms with Crippen LogP contribution in [0.4, 0.5) is 0 Å². The molecule has 0 radical (unpaired) electrons. The Morgan fingerprint density at radius 1 is 1.00 bits per heavy atom. The third kappa shape index (κ3) is 2.51. The molecule has 0 unspecified atom stereocenters. The molecule has 166 valence electrons. The fraction of sp³-hybridized carbons (Fsp3) is 0.792. The van der Waals surface area contributed by atoms with Crippen molar-refractivity contribution in [1.29, 1.82) is 0 Å². The van der Waals surface area contributed by atoms with Crippen molar-refractivity contribution in [2.45, 2.75) is 66.2 Å². The summed E-state index contributed by atoms with van der Waals surface area (Å²) in [6.45, 7) is 8.15. The van der Waals surface area contributed by atoms with Gasteiger partial charge in [-0.3, -0.25) is 14.4 Å². The third-order valence-electron chi connectivity index (χ3n) is 9.72. The number of aliphatic carboxylic acids is 3. The lowest BCUT2D eigenvalue weighted by Gasteiger charge is -2.68. The fourth-order valence-corrected chi connectivity index (χ4v) is 8.56. The van der Waals surface area contributed by atoms with Crippen LogP contribution in [0.15, 0.2) is 11.6 Å².